The van der Waals surface area contributed by atoms with E-state index in [0.717, 1.165) is 15.2 Å². The van der Waals surface area contributed by atoms with Crippen molar-refractivity contribution in [2.75, 3.05) is 6.54 Å². The van der Waals surface area contributed by atoms with E-state index in [2.05, 4.69) is 10.3 Å². The van der Waals surface area contributed by atoms with Crippen LogP contribution in [0.5, 0.6) is 0 Å². The number of rotatable bonds is 5. The van der Waals surface area contributed by atoms with Gasteiger partial charge < -0.3 is 15.5 Å². The summed E-state index contributed by atoms with van der Waals surface area (Å²) in [5, 5.41) is 3.61. The Balaban J connectivity index is 0.00000113. The molecule has 8 heteroatoms. The first kappa shape index (κ1) is 19.7. The van der Waals surface area contributed by atoms with Crippen LogP contribution < -0.4 is 11.1 Å². The van der Waals surface area contributed by atoms with Crippen molar-refractivity contribution in [3.63, 3.8) is 0 Å². The molecule has 1 atom stereocenters. The molecule has 1 saturated carbocycles. The third-order valence-electron chi connectivity index (χ3n) is 4.06. The van der Waals surface area contributed by atoms with E-state index in [0.29, 0.717) is 24.0 Å². The number of hydrogen-bond acceptors (Lipinski definition) is 5. The number of nitrogens with two attached hydrogens (primary N) is 1. The van der Waals surface area contributed by atoms with Crippen molar-refractivity contribution in [3.05, 3.63) is 42.2 Å². The van der Waals surface area contributed by atoms with Gasteiger partial charge in [-0.1, -0.05) is 12.1 Å². The number of aromatic nitrogens is 1. The van der Waals surface area contributed by atoms with Gasteiger partial charge in [0, 0.05) is 12.6 Å². The van der Waals surface area contributed by atoms with Crippen molar-refractivity contribution in [1.29, 1.82) is 0 Å². The molecule has 1 unspecified atom stereocenters. The predicted molar refractivity (Wildman–Crippen MR) is 105 cm³/mol. The zero-order chi connectivity index (χ0) is 15.8. The van der Waals surface area contributed by atoms with Crippen molar-refractivity contribution >= 4 is 52.3 Å². The summed E-state index contributed by atoms with van der Waals surface area (Å²) in [5.74, 6) is 1.24. The molecule has 2 aromatic heterocycles. The number of fused-ring (bicyclic) bond motifs is 1. The molecular formula is C17H19Cl2N3O2S. The lowest BCUT2D eigenvalue weighted by Gasteiger charge is -2.10. The van der Waals surface area contributed by atoms with Gasteiger partial charge in [-0.2, -0.15) is 0 Å². The van der Waals surface area contributed by atoms with Crippen molar-refractivity contribution in [2.45, 2.75) is 18.9 Å². The minimum absolute atomic E-state index is 0. The molecule has 1 aliphatic carbocycles. The first-order chi connectivity index (χ1) is 11.2. The highest BCUT2D eigenvalue weighted by molar-refractivity contribution is 7.21. The molecule has 1 amide bonds. The van der Waals surface area contributed by atoms with Crippen LogP contribution in [0, 0.1) is 5.92 Å². The van der Waals surface area contributed by atoms with E-state index in [1.807, 2.05) is 24.3 Å². The van der Waals surface area contributed by atoms with Gasteiger partial charge in [0.15, 0.2) is 16.5 Å². The molecule has 3 N–H and O–H groups in total. The third-order valence-corrected chi connectivity index (χ3v) is 5.11. The fourth-order valence-corrected chi connectivity index (χ4v) is 3.47. The minimum Gasteiger partial charge on any atom is -0.448 e. The van der Waals surface area contributed by atoms with Gasteiger partial charge in [-0.05, 0) is 43.0 Å². The molecule has 1 fully saturated rings. The van der Waals surface area contributed by atoms with Crippen LogP contribution in [0.1, 0.15) is 23.4 Å². The first-order valence-electron chi connectivity index (χ1n) is 7.70. The molecule has 5 nitrogen and oxygen atoms in total. The van der Waals surface area contributed by atoms with Gasteiger partial charge in [-0.3, -0.25) is 4.79 Å². The van der Waals surface area contributed by atoms with Gasteiger partial charge in [0.2, 0.25) is 0 Å². The van der Waals surface area contributed by atoms with Crippen LogP contribution in [-0.2, 0) is 0 Å². The first-order valence-corrected chi connectivity index (χ1v) is 8.52. The van der Waals surface area contributed by atoms with Crippen molar-refractivity contribution in [1.82, 2.24) is 10.3 Å². The summed E-state index contributed by atoms with van der Waals surface area (Å²) >= 11 is 1.55. The largest absolute Gasteiger partial charge is 0.448 e. The molecule has 0 spiro atoms. The Morgan fingerprint density at radius 3 is 2.76 bits per heavy atom. The third kappa shape index (κ3) is 4.33. The number of carbonyl (C=O) groups excluding carboxylic acids is 1. The number of nitrogens with zero attached hydrogens (tertiary/aromatic N) is 1. The van der Waals surface area contributed by atoms with Gasteiger partial charge in [0.1, 0.15) is 0 Å². The zero-order valence-corrected chi connectivity index (χ0v) is 15.8. The highest BCUT2D eigenvalue weighted by Gasteiger charge is 2.28. The van der Waals surface area contributed by atoms with E-state index in [1.165, 1.54) is 12.8 Å². The van der Waals surface area contributed by atoms with Crippen LogP contribution in [0.2, 0.25) is 0 Å². The monoisotopic (exact) mass is 399 g/mol. The second-order valence-corrected chi connectivity index (χ2v) is 6.89. The van der Waals surface area contributed by atoms with Gasteiger partial charge in [0.25, 0.3) is 5.91 Å². The van der Waals surface area contributed by atoms with Crippen LogP contribution in [0.3, 0.4) is 0 Å². The summed E-state index contributed by atoms with van der Waals surface area (Å²) in [5.41, 5.74) is 6.93. The molecule has 0 saturated heterocycles. The lowest BCUT2D eigenvalue weighted by atomic mass is 10.2. The maximum Gasteiger partial charge on any atom is 0.287 e. The fraction of sp³-hybridized carbons (Fsp3) is 0.294. The van der Waals surface area contributed by atoms with Gasteiger partial charge in [0.05, 0.1) is 10.2 Å². The highest BCUT2D eigenvalue weighted by atomic mass is 35.5. The quantitative estimate of drug-likeness (QED) is 0.681. The Hall–Kier alpha value is -1.60. The molecule has 2 heterocycles. The van der Waals surface area contributed by atoms with Gasteiger partial charge >= 0.3 is 0 Å². The van der Waals surface area contributed by atoms with Crippen LogP contribution in [0.4, 0.5) is 0 Å². The normalized spacial score (nSPS) is 14.4. The molecule has 25 heavy (non-hydrogen) atoms. The molecule has 4 rings (SSSR count). The van der Waals surface area contributed by atoms with Crippen molar-refractivity contribution in [3.8, 4) is 10.8 Å². The molecule has 1 aliphatic rings. The molecule has 3 aromatic rings. The average molecular weight is 400 g/mol. The molecule has 0 aliphatic heterocycles. The molecule has 0 bridgehead atoms. The zero-order valence-electron chi connectivity index (χ0n) is 13.3. The summed E-state index contributed by atoms with van der Waals surface area (Å²) in [6.45, 7) is 0.487. The molecular weight excluding hydrogens is 381 g/mol. The number of carbonyl (C=O) groups is 1. The van der Waals surface area contributed by atoms with Gasteiger partial charge in [-0.15, -0.1) is 36.2 Å². The summed E-state index contributed by atoms with van der Waals surface area (Å²) in [7, 11) is 0. The Labute approximate surface area is 161 Å². The molecule has 1 aromatic carbocycles. The maximum absolute atomic E-state index is 12.1. The smallest absolute Gasteiger partial charge is 0.287 e. The predicted octanol–water partition coefficient (Wildman–Crippen LogP) is 3.87. The summed E-state index contributed by atoms with van der Waals surface area (Å²) in [4.78, 5) is 16.7. The van der Waals surface area contributed by atoms with E-state index >= 15 is 0 Å². The number of nitrogens with one attached hydrogen (secondary N) is 1. The van der Waals surface area contributed by atoms with Crippen molar-refractivity contribution < 1.29 is 9.21 Å². The van der Waals surface area contributed by atoms with Crippen molar-refractivity contribution in [2.24, 2.45) is 11.7 Å². The summed E-state index contributed by atoms with van der Waals surface area (Å²) in [6.07, 6.45) is 2.33. The summed E-state index contributed by atoms with van der Waals surface area (Å²) < 4.78 is 6.76. The van der Waals surface area contributed by atoms with E-state index in [4.69, 9.17) is 10.2 Å². The number of hydrogen-bond donors (Lipinski definition) is 2. The van der Waals surface area contributed by atoms with E-state index in [1.54, 1.807) is 23.5 Å². The Bertz CT molecular complexity index is 827. The number of benzene rings is 1. The number of thiazole rings is 1. The lowest BCUT2D eigenvalue weighted by molar-refractivity contribution is 0.0923. The number of halogens is 2. The molecule has 134 valence electrons. The highest BCUT2D eigenvalue weighted by Crippen LogP contribution is 2.32. The SMILES string of the molecule is Cl.Cl.NC(CNC(=O)c1ccc(-c2nc3ccccc3s2)o1)C1CC1. The number of para-hydroxylation sites is 1. The number of amides is 1. The lowest BCUT2D eigenvalue weighted by Crippen LogP contribution is -2.38. The fourth-order valence-electron chi connectivity index (χ4n) is 2.54. The second kappa shape index (κ2) is 8.19. The van der Waals surface area contributed by atoms with Crippen LogP contribution >= 0.6 is 36.2 Å². The van der Waals surface area contributed by atoms with E-state index < -0.39 is 0 Å². The van der Waals surface area contributed by atoms with Crippen LogP contribution in [0.15, 0.2) is 40.8 Å². The average Bonchev–Trinajstić information content (AvgIpc) is 3.14. The van der Waals surface area contributed by atoms with Crippen LogP contribution in [0.25, 0.3) is 21.0 Å². The Morgan fingerprint density at radius 2 is 2.04 bits per heavy atom. The van der Waals surface area contributed by atoms with E-state index in [-0.39, 0.29) is 36.8 Å². The second-order valence-electron chi connectivity index (χ2n) is 5.86. The molecule has 0 radical (unpaired) electrons. The Morgan fingerprint density at radius 1 is 1.28 bits per heavy atom. The topological polar surface area (TPSA) is 81.1 Å². The Kier molecular flexibility index (Phi) is 6.46. The maximum atomic E-state index is 12.1. The van der Waals surface area contributed by atoms with E-state index in [9.17, 15) is 4.79 Å². The van der Waals surface area contributed by atoms with Crippen LogP contribution in [-0.4, -0.2) is 23.5 Å². The number of furan rings is 1. The van der Waals surface area contributed by atoms with Gasteiger partial charge in [-0.25, -0.2) is 4.98 Å². The minimum atomic E-state index is -0.228. The standard InChI is InChI=1S/C17H17N3O2S.2ClH/c18-11(10-5-6-10)9-19-16(21)13-7-8-14(22-13)17-20-12-3-1-2-4-15(12)23-17;;/h1-4,7-8,10-11H,5-6,9,18H2,(H,19,21);2*1H. The summed E-state index contributed by atoms with van der Waals surface area (Å²) in [6, 6.07) is 11.4.